The lowest BCUT2D eigenvalue weighted by atomic mass is 10.2. The molecule has 4 heteroatoms. The van der Waals surface area contributed by atoms with Crippen LogP contribution in [0.3, 0.4) is 0 Å². The van der Waals surface area contributed by atoms with Crippen LogP contribution in [0.2, 0.25) is 5.02 Å². The third kappa shape index (κ3) is 5.00. The molecule has 0 aromatic heterocycles. The van der Waals surface area contributed by atoms with Crippen molar-refractivity contribution in [2.75, 3.05) is 6.61 Å². The first kappa shape index (κ1) is 17.4. The second-order valence-corrected chi connectivity index (χ2v) is 6.23. The molecule has 0 aliphatic heterocycles. The zero-order chi connectivity index (χ0) is 16.8. The van der Waals surface area contributed by atoms with Gasteiger partial charge in [-0.2, -0.15) is 0 Å². The Kier molecular flexibility index (Phi) is 6.05. The van der Waals surface area contributed by atoms with Gasteiger partial charge in [0, 0.05) is 12.6 Å². The average Bonchev–Trinajstić information content (AvgIpc) is 2.54. The van der Waals surface area contributed by atoms with Crippen LogP contribution in [-0.2, 0) is 11.3 Å². The van der Waals surface area contributed by atoms with Crippen LogP contribution < -0.4 is 4.74 Å². The Labute approximate surface area is 142 Å². The molecule has 0 saturated heterocycles. The van der Waals surface area contributed by atoms with E-state index in [1.165, 1.54) is 0 Å². The number of hydrogen-bond donors (Lipinski definition) is 0. The minimum atomic E-state index is -0.0542. The van der Waals surface area contributed by atoms with E-state index in [4.69, 9.17) is 16.3 Å². The summed E-state index contributed by atoms with van der Waals surface area (Å²) in [6.07, 6.45) is 0. The highest BCUT2D eigenvalue weighted by Gasteiger charge is 2.18. The molecule has 1 amide bonds. The summed E-state index contributed by atoms with van der Waals surface area (Å²) >= 11 is 6.10. The summed E-state index contributed by atoms with van der Waals surface area (Å²) in [4.78, 5) is 14.3. The van der Waals surface area contributed by atoms with E-state index in [-0.39, 0.29) is 18.6 Å². The Bertz CT molecular complexity index is 656. The molecule has 0 saturated carbocycles. The zero-order valence-corrected chi connectivity index (χ0v) is 14.5. The molecule has 0 heterocycles. The van der Waals surface area contributed by atoms with E-state index in [9.17, 15) is 4.79 Å². The molecule has 0 fully saturated rings. The molecule has 3 nitrogen and oxygen atoms in total. The summed E-state index contributed by atoms with van der Waals surface area (Å²) < 4.78 is 5.63. The first-order valence-corrected chi connectivity index (χ1v) is 8.07. The molecule has 2 aromatic rings. The summed E-state index contributed by atoms with van der Waals surface area (Å²) in [7, 11) is 0. The van der Waals surface area contributed by atoms with Gasteiger partial charge >= 0.3 is 0 Å². The van der Waals surface area contributed by atoms with Crippen molar-refractivity contribution in [2.24, 2.45) is 0 Å². The molecular weight excluding hydrogens is 310 g/mol. The number of halogens is 1. The Balaban J connectivity index is 2.02. The molecule has 0 atom stereocenters. The Morgan fingerprint density at radius 2 is 1.87 bits per heavy atom. The van der Waals surface area contributed by atoms with Gasteiger partial charge in [-0.15, -0.1) is 0 Å². The summed E-state index contributed by atoms with van der Waals surface area (Å²) in [5, 5.41) is 0.516. The van der Waals surface area contributed by atoms with E-state index in [0.717, 1.165) is 11.1 Å². The van der Waals surface area contributed by atoms with Crippen molar-refractivity contribution in [1.82, 2.24) is 4.90 Å². The number of rotatable bonds is 6. The SMILES string of the molecule is Cc1ccc(Cl)c(OCC(=O)N(Cc2ccccc2)C(C)C)c1. The molecule has 0 aliphatic rings. The lowest BCUT2D eigenvalue weighted by molar-refractivity contribution is -0.135. The van der Waals surface area contributed by atoms with Crippen molar-refractivity contribution in [3.8, 4) is 5.75 Å². The van der Waals surface area contributed by atoms with Crippen LogP contribution in [0.5, 0.6) is 5.75 Å². The maximum Gasteiger partial charge on any atom is 0.261 e. The van der Waals surface area contributed by atoms with Crippen molar-refractivity contribution < 1.29 is 9.53 Å². The predicted molar refractivity (Wildman–Crippen MR) is 93.8 cm³/mol. The molecule has 2 rings (SSSR count). The first-order valence-electron chi connectivity index (χ1n) is 7.69. The molecular formula is C19H22ClNO2. The van der Waals surface area contributed by atoms with Crippen LogP contribution in [0.25, 0.3) is 0 Å². The van der Waals surface area contributed by atoms with Crippen molar-refractivity contribution in [2.45, 2.75) is 33.4 Å². The number of aryl methyl sites for hydroxylation is 1. The van der Waals surface area contributed by atoms with E-state index in [0.29, 0.717) is 17.3 Å². The Hall–Kier alpha value is -2.00. The van der Waals surface area contributed by atoms with Gasteiger partial charge in [0.05, 0.1) is 5.02 Å². The van der Waals surface area contributed by atoms with Crippen LogP contribution >= 0.6 is 11.6 Å². The number of amides is 1. The molecule has 122 valence electrons. The highest BCUT2D eigenvalue weighted by molar-refractivity contribution is 6.32. The third-order valence-corrected chi connectivity index (χ3v) is 3.89. The maximum absolute atomic E-state index is 12.5. The lowest BCUT2D eigenvalue weighted by Crippen LogP contribution is -2.39. The van der Waals surface area contributed by atoms with Gasteiger partial charge in [0.25, 0.3) is 5.91 Å². The van der Waals surface area contributed by atoms with Crippen LogP contribution in [0.4, 0.5) is 0 Å². The van der Waals surface area contributed by atoms with Crippen LogP contribution in [0.15, 0.2) is 48.5 Å². The number of nitrogens with zero attached hydrogens (tertiary/aromatic N) is 1. The second kappa shape index (κ2) is 8.02. The fourth-order valence-electron chi connectivity index (χ4n) is 2.28. The summed E-state index contributed by atoms with van der Waals surface area (Å²) in [5.74, 6) is 0.491. The standard InChI is InChI=1S/C19H22ClNO2/c1-14(2)21(12-16-7-5-4-6-8-16)19(22)13-23-18-11-15(3)9-10-17(18)20/h4-11,14H,12-13H2,1-3H3. The number of carbonyl (C=O) groups excluding carboxylic acids is 1. The number of ether oxygens (including phenoxy) is 1. The van der Waals surface area contributed by atoms with Gasteiger partial charge in [-0.25, -0.2) is 0 Å². The highest BCUT2D eigenvalue weighted by Crippen LogP contribution is 2.25. The zero-order valence-electron chi connectivity index (χ0n) is 13.8. The van der Waals surface area contributed by atoms with Crippen molar-refractivity contribution in [1.29, 1.82) is 0 Å². The Morgan fingerprint density at radius 3 is 2.52 bits per heavy atom. The van der Waals surface area contributed by atoms with E-state index in [1.54, 1.807) is 11.0 Å². The number of carbonyl (C=O) groups is 1. The van der Waals surface area contributed by atoms with Crippen molar-refractivity contribution >= 4 is 17.5 Å². The van der Waals surface area contributed by atoms with E-state index in [1.807, 2.05) is 63.2 Å². The van der Waals surface area contributed by atoms with Crippen molar-refractivity contribution in [3.05, 3.63) is 64.7 Å². The van der Waals surface area contributed by atoms with Gasteiger partial charge in [-0.1, -0.05) is 48.0 Å². The highest BCUT2D eigenvalue weighted by atomic mass is 35.5. The van der Waals surface area contributed by atoms with Gasteiger partial charge < -0.3 is 9.64 Å². The van der Waals surface area contributed by atoms with Gasteiger partial charge in [-0.05, 0) is 44.0 Å². The van der Waals surface area contributed by atoms with Gasteiger partial charge in [0.15, 0.2) is 6.61 Å². The molecule has 2 aromatic carbocycles. The first-order chi connectivity index (χ1) is 11.0. The van der Waals surface area contributed by atoms with Gasteiger partial charge in [0.1, 0.15) is 5.75 Å². The molecule has 0 radical (unpaired) electrons. The smallest absolute Gasteiger partial charge is 0.261 e. The predicted octanol–water partition coefficient (Wildman–Crippen LogP) is 4.46. The van der Waals surface area contributed by atoms with Gasteiger partial charge in [0.2, 0.25) is 0 Å². The molecule has 0 unspecified atom stereocenters. The van der Waals surface area contributed by atoms with Crippen LogP contribution in [0, 0.1) is 6.92 Å². The topological polar surface area (TPSA) is 29.5 Å². The van der Waals surface area contributed by atoms with E-state index in [2.05, 4.69) is 0 Å². The molecule has 23 heavy (non-hydrogen) atoms. The quantitative estimate of drug-likeness (QED) is 0.782. The summed E-state index contributed by atoms with van der Waals surface area (Å²) in [6.45, 7) is 6.51. The second-order valence-electron chi connectivity index (χ2n) is 5.82. The number of hydrogen-bond acceptors (Lipinski definition) is 2. The minimum absolute atomic E-state index is 0.0197. The largest absolute Gasteiger partial charge is 0.482 e. The number of benzene rings is 2. The van der Waals surface area contributed by atoms with E-state index >= 15 is 0 Å². The molecule has 0 spiro atoms. The molecule has 0 bridgehead atoms. The summed E-state index contributed by atoms with van der Waals surface area (Å²) in [6, 6.07) is 15.6. The Morgan fingerprint density at radius 1 is 1.17 bits per heavy atom. The fourth-order valence-corrected chi connectivity index (χ4v) is 2.45. The minimum Gasteiger partial charge on any atom is -0.482 e. The average molecular weight is 332 g/mol. The van der Waals surface area contributed by atoms with Crippen molar-refractivity contribution in [3.63, 3.8) is 0 Å². The summed E-state index contributed by atoms with van der Waals surface area (Å²) in [5.41, 5.74) is 2.14. The fraction of sp³-hybridized carbons (Fsp3) is 0.316. The lowest BCUT2D eigenvalue weighted by Gasteiger charge is -2.27. The van der Waals surface area contributed by atoms with Crippen LogP contribution in [-0.4, -0.2) is 23.5 Å². The maximum atomic E-state index is 12.5. The van der Waals surface area contributed by atoms with E-state index < -0.39 is 0 Å². The monoisotopic (exact) mass is 331 g/mol. The third-order valence-electron chi connectivity index (χ3n) is 3.58. The normalized spacial score (nSPS) is 10.7. The van der Waals surface area contributed by atoms with Crippen LogP contribution in [0.1, 0.15) is 25.0 Å². The molecule has 0 N–H and O–H groups in total. The molecule has 0 aliphatic carbocycles. The van der Waals surface area contributed by atoms with Gasteiger partial charge in [-0.3, -0.25) is 4.79 Å².